The first kappa shape index (κ1) is 20.1. The van der Waals surface area contributed by atoms with Gasteiger partial charge in [-0.15, -0.1) is 0 Å². The molecule has 0 saturated carbocycles. The SMILES string of the molecule is CCCn1c(SC(C)C(=O)NCCc2ccccc2)nc2ccccc2c1=O. The molecule has 28 heavy (non-hydrogen) atoms. The van der Waals surface area contributed by atoms with Gasteiger partial charge < -0.3 is 5.32 Å². The lowest BCUT2D eigenvalue weighted by atomic mass is 10.1. The maximum absolute atomic E-state index is 12.8. The predicted octanol–water partition coefficient (Wildman–Crippen LogP) is 3.65. The van der Waals surface area contributed by atoms with E-state index in [-0.39, 0.29) is 16.7 Å². The van der Waals surface area contributed by atoms with Gasteiger partial charge in [-0.2, -0.15) is 0 Å². The summed E-state index contributed by atoms with van der Waals surface area (Å²) < 4.78 is 1.68. The minimum Gasteiger partial charge on any atom is -0.355 e. The van der Waals surface area contributed by atoms with Crippen molar-refractivity contribution in [3.05, 3.63) is 70.5 Å². The maximum atomic E-state index is 12.8. The maximum Gasteiger partial charge on any atom is 0.262 e. The molecule has 1 atom stereocenters. The molecule has 0 aliphatic carbocycles. The van der Waals surface area contributed by atoms with Gasteiger partial charge in [0.1, 0.15) is 0 Å². The number of aromatic nitrogens is 2. The van der Waals surface area contributed by atoms with Gasteiger partial charge in [0.2, 0.25) is 5.91 Å². The van der Waals surface area contributed by atoms with Gasteiger partial charge in [0.15, 0.2) is 5.16 Å². The van der Waals surface area contributed by atoms with Crippen molar-refractivity contribution in [1.29, 1.82) is 0 Å². The van der Waals surface area contributed by atoms with E-state index in [1.54, 1.807) is 10.6 Å². The van der Waals surface area contributed by atoms with Crippen molar-refractivity contribution in [3.63, 3.8) is 0 Å². The number of rotatable bonds is 8. The standard InChI is InChI=1S/C22H25N3O2S/c1-3-15-25-21(27)18-11-7-8-12-19(18)24-22(25)28-16(2)20(26)23-14-13-17-9-5-4-6-10-17/h4-12,16H,3,13-15H2,1-2H3,(H,23,26). The topological polar surface area (TPSA) is 64.0 Å². The van der Waals surface area contributed by atoms with Crippen molar-refractivity contribution in [2.24, 2.45) is 0 Å². The highest BCUT2D eigenvalue weighted by Gasteiger charge is 2.19. The second kappa shape index (κ2) is 9.55. The first-order chi connectivity index (χ1) is 13.6. The molecule has 1 heterocycles. The lowest BCUT2D eigenvalue weighted by molar-refractivity contribution is -0.120. The van der Waals surface area contributed by atoms with E-state index in [2.05, 4.69) is 10.3 Å². The summed E-state index contributed by atoms with van der Waals surface area (Å²) in [6.07, 6.45) is 1.61. The van der Waals surface area contributed by atoms with Crippen LogP contribution in [-0.4, -0.2) is 27.3 Å². The van der Waals surface area contributed by atoms with Gasteiger partial charge >= 0.3 is 0 Å². The van der Waals surface area contributed by atoms with Gasteiger partial charge in [-0.25, -0.2) is 4.98 Å². The summed E-state index contributed by atoms with van der Waals surface area (Å²) in [5.74, 6) is -0.0496. The van der Waals surface area contributed by atoms with E-state index in [1.807, 2.05) is 62.4 Å². The van der Waals surface area contributed by atoms with E-state index in [1.165, 1.54) is 17.3 Å². The van der Waals surface area contributed by atoms with Gasteiger partial charge in [-0.3, -0.25) is 14.2 Å². The number of carbonyl (C=O) groups is 1. The van der Waals surface area contributed by atoms with Crippen LogP contribution < -0.4 is 10.9 Å². The van der Waals surface area contributed by atoms with E-state index >= 15 is 0 Å². The third-order valence-electron chi connectivity index (χ3n) is 4.48. The van der Waals surface area contributed by atoms with Crippen LogP contribution in [0.3, 0.4) is 0 Å². The Morgan fingerprint density at radius 2 is 1.86 bits per heavy atom. The van der Waals surface area contributed by atoms with Crippen LogP contribution in [0.25, 0.3) is 10.9 Å². The Bertz CT molecular complexity index is 1000. The molecule has 0 saturated heterocycles. The molecule has 0 bridgehead atoms. The number of benzene rings is 2. The Kier molecular flexibility index (Phi) is 6.87. The van der Waals surface area contributed by atoms with Crippen LogP contribution in [0, 0.1) is 0 Å². The third kappa shape index (κ3) is 4.81. The summed E-state index contributed by atoms with van der Waals surface area (Å²) >= 11 is 1.33. The zero-order chi connectivity index (χ0) is 19.9. The summed E-state index contributed by atoms with van der Waals surface area (Å²) in [5.41, 5.74) is 1.81. The molecular weight excluding hydrogens is 370 g/mol. The van der Waals surface area contributed by atoms with E-state index in [0.717, 1.165) is 12.8 Å². The van der Waals surface area contributed by atoms with Crippen LogP contribution in [-0.2, 0) is 17.8 Å². The smallest absolute Gasteiger partial charge is 0.262 e. The lowest BCUT2D eigenvalue weighted by Crippen LogP contribution is -2.33. The fraction of sp³-hybridized carbons (Fsp3) is 0.318. The summed E-state index contributed by atoms with van der Waals surface area (Å²) in [4.78, 5) is 30.0. The Hall–Kier alpha value is -2.60. The normalized spacial score (nSPS) is 12.1. The highest BCUT2D eigenvalue weighted by molar-refractivity contribution is 8.00. The van der Waals surface area contributed by atoms with Crippen molar-refractivity contribution in [2.75, 3.05) is 6.54 Å². The molecule has 6 heteroatoms. The minimum atomic E-state index is -0.341. The molecule has 3 aromatic rings. The zero-order valence-corrected chi connectivity index (χ0v) is 17.0. The number of para-hydroxylation sites is 1. The Labute approximate surface area is 169 Å². The fourth-order valence-electron chi connectivity index (χ4n) is 2.99. The van der Waals surface area contributed by atoms with Crippen molar-refractivity contribution in [3.8, 4) is 0 Å². The van der Waals surface area contributed by atoms with E-state index < -0.39 is 0 Å². The molecule has 0 fully saturated rings. The molecule has 1 aromatic heterocycles. The lowest BCUT2D eigenvalue weighted by Gasteiger charge is -2.16. The number of nitrogens with one attached hydrogen (secondary N) is 1. The Balaban J connectivity index is 1.71. The highest BCUT2D eigenvalue weighted by atomic mass is 32.2. The molecule has 0 spiro atoms. The number of amides is 1. The minimum absolute atomic E-state index is 0.0494. The van der Waals surface area contributed by atoms with Gasteiger partial charge in [0.25, 0.3) is 5.56 Å². The monoisotopic (exact) mass is 395 g/mol. The van der Waals surface area contributed by atoms with Crippen LogP contribution in [0.2, 0.25) is 0 Å². The second-order valence-electron chi connectivity index (χ2n) is 6.66. The number of thioether (sulfide) groups is 1. The number of hydrogen-bond donors (Lipinski definition) is 1. The number of nitrogens with zero attached hydrogens (tertiary/aromatic N) is 2. The Morgan fingerprint density at radius 1 is 1.14 bits per heavy atom. The van der Waals surface area contributed by atoms with Crippen molar-refractivity contribution in [2.45, 2.75) is 43.6 Å². The summed E-state index contributed by atoms with van der Waals surface area (Å²) in [5, 5.41) is 3.84. The number of fused-ring (bicyclic) bond motifs is 1. The second-order valence-corrected chi connectivity index (χ2v) is 7.96. The molecule has 1 amide bonds. The quantitative estimate of drug-likeness (QED) is 0.467. The molecular formula is C22H25N3O2S. The van der Waals surface area contributed by atoms with E-state index in [0.29, 0.717) is 29.1 Å². The summed E-state index contributed by atoms with van der Waals surface area (Å²) in [7, 11) is 0. The molecule has 0 aliphatic heterocycles. The average molecular weight is 396 g/mol. The molecule has 0 radical (unpaired) electrons. The largest absolute Gasteiger partial charge is 0.355 e. The molecule has 3 rings (SSSR count). The van der Waals surface area contributed by atoms with E-state index in [4.69, 9.17) is 0 Å². The highest BCUT2D eigenvalue weighted by Crippen LogP contribution is 2.22. The Morgan fingerprint density at radius 3 is 2.61 bits per heavy atom. The van der Waals surface area contributed by atoms with Crippen molar-refractivity contribution in [1.82, 2.24) is 14.9 Å². The molecule has 1 N–H and O–H groups in total. The molecule has 146 valence electrons. The van der Waals surface area contributed by atoms with Gasteiger partial charge in [-0.1, -0.05) is 61.2 Å². The van der Waals surface area contributed by atoms with Crippen LogP contribution >= 0.6 is 11.8 Å². The molecule has 5 nitrogen and oxygen atoms in total. The van der Waals surface area contributed by atoms with Crippen molar-refractivity contribution < 1.29 is 4.79 Å². The first-order valence-electron chi connectivity index (χ1n) is 9.58. The zero-order valence-electron chi connectivity index (χ0n) is 16.2. The van der Waals surface area contributed by atoms with E-state index in [9.17, 15) is 9.59 Å². The van der Waals surface area contributed by atoms with Crippen LogP contribution in [0.5, 0.6) is 0 Å². The third-order valence-corrected chi connectivity index (χ3v) is 5.57. The van der Waals surface area contributed by atoms with Crippen LogP contribution in [0.1, 0.15) is 25.8 Å². The number of carbonyl (C=O) groups excluding carboxylic acids is 1. The average Bonchev–Trinajstić information content (AvgIpc) is 2.71. The number of hydrogen-bond acceptors (Lipinski definition) is 4. The molecule has 1 unspecified atom stereocenters. The fourth-order valence-corrected chi connectivity index (χ4v) is 3.95. The van der Waals surface area contributed by atoms with Crippen LogP contribution in [0.4, 0.5) is 0 Å². The van der Waals surface area contributed by atoms with Gasteiger partial charge in [0.05, 0.1) is 16.2 Å². The van der Waals surface area contributed by atoms with Crippen LogP contribution in [0.15, 0.2) is 64.5 Å². The molecule has 0 aliphatic rings. The summed E-state index contributed by atoms with van der Waals surface area (Å²) in [6, 6.07) is 17.4. The summed E-state index contributed by atoms with van der Waals surface area (Å²) in [6.45, 7) is 5.04. The molecule has 2 aromatic carbocycles. The van der Waals surface area contributed by atoms with Crippen molar-refractivity contribution >= 4 is 28.6 Å². The van der Waals surface area contributed by atoms with Gasteiger partial charge in [-0.05, 0) is 37.5 Å². The predicted molar refractivity (Wildman–Crippen MR) is 115 cm³/mol. The first-order valence-corrected chi connectivity index (χ1v) is 10.5. The van der Waals surface area contributed by atoms with Gasteiger partial charge in [0, 0.05) is 13.1 Å².